The van der Waals surface area contributed by atoms with Gasteiger partial charge >= 0.3 is 0 Å². The van der Waals surface area contributed by atoms with Gasteiger partial charge in [0.05, 0.1) is 0 Å². The lowest BCUT2D eigenvalue weighted by atomic mass is 9.95. The second kappa shape index (κ2) is 5.01. The highest BCUT2D eigenvalue weighted by Gasteiger charge is 2.26. The van der Waals surface area contributed by atoms with Gasteiger partial charge in [0, 0.05) is 24.3 Å². The molecule has 0 bridgehead atoms. The second-order valence-electron chi connectivity index (χ2n) is 5.67. The number of nitrogens with two attached hydrogens (primary N) is 1. The van der Waals surface area contributed by atoms with E-state index < -0.39 is 0 Å². The van der Waals surface area contributed by atoms with Gasteiger partial charge in [0.15, 0.2) is 0 Å². The highest BCUT2D eigenvalue weighted by Crippen LogP contribution is 2.30. The van der Waals surface area contributed by atoms with Gasteiger partial charge < -0.3 is 10.6 Å². The van der Waals surface area contributed by atoms with Gasteiger partial charge in [-0.15, -0.1) is 0 Å². The number of hydrogen-bond acceptors (Lipinski definition) is 2. The molecule has 1 fully saturated rings. The Labute approximate surface area is 109 Å². The molecule has 3 heteroatoms. The van der Waals surface area contributed by atoms with Gasteiger partial charge in [-0.3, -0.25) is 5.41 Å². The van der Waals surface area contributed by atoms with Crippen molar-refractivity contribution in [1.29, 1.82) is 5.41 Å². The number of benzene rings is 1. The van der Waals surface area contributed by atoms with Crippen LogP contribution in [-0.2, 0) is 0 Å². The predicted octanol–water partition coefficient (Wildman–Crippen LogP) is 2.76. The van der Waals surface area contributed by atoms with E-state index in [1.165, 1.54) is 12.0 Å². The number of amidine groups is 1. The van der Waals surface area contributed by atoms with E-state index in [4.69, 9.17) is 11.1 Å². The summed E-state index contributed by atoms with van der Waals surface area (Å²) in [5.41, 5.74) is 8.90. The van der Waals surface area contributed by atoms with Gasteiger partial charge in [0.1, 0.15) is 5.84 Å². The molecule has 3 N–H and O–H groups in total. The van der Waals surface area contributed by atoms with E-state index in [-0.39, 0.29) is 5.84 Å². The number of nitrogens with one attached hydrogen (secondary N) is 1. The van der Waals surface area contributed by atoms with E-state index in [9.17, 15) is 0 Å². The number of nitrogen functional groups attached to an aromatic ring is 1. The lowest BCUT2D eigenvalue weighted by Crippen LogP contribution is -2.25. The zero-order valence-corrected chi connectivity index (χ0v) is 11.5. The van der Waals surface area contributed by atoms with Crippen molar-refractivity contribution in [2.75, 3.05) is 18.0 Å². The zero-order valence-electron chi connectivity index (χ0n) is 11.5. The van der Waals surface area contributed by atoms with Crippen molar-refractivity contribution in [3.05, 3.63) is 29.3 Å². The Balaban J connectivity index is 2.28. The number of nitrogens with zero attached hydrogens (tertiary/aromatic N) is 1. The maximum Gasteiger partial charge on any atom is 0.124 e. The first-order valence-electron chi connectivity index (χ1n) is 6.69. The standard InChI is InChI=1S/C15H23N3/c1-10(2)12-6-7-18(9-12)14-8-11(3)4-5-13(14)15(16)17/h4-5,8,10,12H,6-7,9H2,1-3H3,(H3,16,17). The lowest BCUT2D eigenvalue weighted by Gasteiger charge is -2.23. The van der Waals surface area contributed by atoms with Crippen LogP contribution >= 0.6 is 0 Å². The molecule has 1 unspecified atom stereocenters. The Bertz CT molecular complexity index is 451. The van der Waals surface area contributed by atoms with Crippen molar-refractivity contribution in [1.82, 2.24) is 0 Å². The molecule has 1 aliphatic rings. The first-order chi connectivity index (χ1) is 8.49. The van der Waals surface area contributed by atoms with Crippen molar-refractivity contribution >= 4 is 11.5 Å². The topological polar surface area (TPSA) is 53.1 Å². The van der Waals surface area contributed by atoms with Gasteiger partial charge in [-0.2, -0.15) is 0 Å². The third-order valence-electron chi connectivity index (χ3n) is 3.95. The Morgan fingerprint density at radius 1 is 1.44 bits per heavy atom. The van der Waals surface area contributed by atoms with Crippen molar-refractivity contribution in [3.63, 3.8) is 0 Å². The molecule has 3 nitrogen and oxygen atoms in total. The van der Waals surface area contributed by atoms with Crippen LogP contribution in [0.1, 0.15) is 31.4 Å². The molecule has 1 heterocycles. The number of rotatable bonds is 3. The number of hydrogen-bond donors (Lipinski definition) is 2. The summed E-state index contributed by atoms with van der Waals surface area (Å²) in [6.45, 7) is 8.82. The molecule has 1 aromatic rings. The quantitative estimate of drug-likeness (QED) is 0.635. The summed E-state index contributed by atoms with van der Waals surface area (Å²) in [6.07, 6.45) is 1.24. The van der Waals surface area contributed by atoms with E-state index >= 15 is 0 Å². The first kappa shape index (κ1) is 12.9. The van der Waals surface area contributed by atoms with Crippen molar-refractivity contribution in [2.45, 2.75) is 27.2 Å². The average Bonchev–Trinajstić information content (AvgIpc) is 2.77. The SMILES string of the molecule is Cc1ccc(C(=N)N)c(N2CCC(C(C)C)C2)c1. The molecule has 0 amide bonds. The van der Waals surface area contributed by atoms with Crippen LogP contribution in [0.4, 0.5) is 5.69 Å². The minimum absolute atomic E-state index is 0.165. The molecule has 0 saturated carbocycles. The van der Waals surface area contributed by atoms with E-state index in [0.29, 0.717) is 0 Å². The molecular weight excluding hydrogens is 222 g/mol. The lowest BCUT2D eigenvalue weighted by molar-refractivity contribution is 0.423. The molecule has 1 aliphatic heterocycles. The molecule has 0 aromatic heterocycles. The summed E-state index contributed by atoms with van der Waals surface area (Å²) in [4.78, 5) is 2.38. The monoisotopic (exact) mass is 245 g/mol. The van der Waals surface area contributed by atoms with Gasteiger partial charge in [-0.1, -0.05) is 19.9 Å². The maximum atomic E-state index is 7.70. The molecular formula is C15H23N3. The summed E-state index contributed by atoms with van der Waals surface area (Å²) >= 11 is 0. The molecule has 0 aliphatic carbocycles. The van der Waals surface area contributed by atoms with Gasteiger partial charge in [0.2, 0.25) is 0 Å². The summed E-state index contributed by atoms with van der Waals surface area (Å²) in [6, 6.07) is 6.14. The van der Waals surface area contributed by atoms with Crippen LogP contribution in [0.2, 0.25) is 0 Å². The summed E-state index contributed by atoms with van der Waals surface area (Å²) in [7, 11) is 0. The average molecular weight is 245 g/mol. The highest BCUT2D eigenvalue weighted by molar-refractivity contribution is 6.00. The van der Waals surface area contributed by atoms with Crippen LogP contribution in [0.3, 0.4) is 0 Å². The Morgan fingerprint density at radius 3 is 2.72 bits per heavy atom. The summed E-state index contributed by atoms with van der Waals surface area (Å²) in [5, 5.41) is 7.70. The fourth-order valence-corrected chi connectivity index (χ4v) is 2.68. The molecule has 0 spiro atoms. The van der Waals surface area contributed by atoms with Crippen LogP contribution in [-0.4, -0.2) is 18.9 Å². The van der Waals surface area contributed by atoms with Crippen LogP contribution in [0.15, 0.2) is 18.2 Å². The van der Waals surface area contributed by atoms with Crippen molar-refractivity contribution in [3.8, 4) is 0 Å². The number of aryl methyl sites for hydroxylation is 1. The molecule has 1 aromatic carbocycles. The summed E-state index contributed by atoms with van der Waals surface area (Å²) in [5.74, 6) is 1.64. The molecule has 98 valence electrons. The third-order valence-corrected chi connectivity index (χ3v) is 3.95. The minimum atomic E-state index is 0.165. The molecule has 18 heavy (non-hydrogen) atoms. The fraction of sp³-hybridized carbons (Fsp3) is 0.533. The van der Waals surface area contributed by atoms with E-state index in [1.54, 1.807) is 0 Å². The van der Waals surface area contributed by atoms with Gasteiger partial charge in [-0.25, -0.2) is 0 Å². The van der Waals surface area contributed by atoms with Crippen LogP contribution in [0.25, 0.3) is 0 Å². The normalized spacial score (nSPS) is 19.6. The Hall–Kier alpha value is -1.51. The second-order valence-corrected chi connectivity index (χ2v) is 5.67. The third kappa shape index (κ3) is 2.50. The predicted molar refractivity (Wildman–Crippen MR) is 77.4 cm³/mol. The first-order valence-corrected chi connectivity index (χ1v) is 6.69. The molecule has 1 atom stereocenters. The fourth-order valence-electron chi connectivity index (χ4n) is 2.68. The van der Waals surface area contributed by atoms with Crippen LogP contribution in [0, 0.1) is 24.2 Å². The smallest absolute Gasteiger partial charge is 0.124 e. The Morgan fingerprint density at radius 2 is 2.17 bits per heavy atom. The van der Waals surface area contributed by atoms with E-state index in [0.717, 1.165) is 36.2 Å². The summed E-state index contributed by atoms with van der Waals surface area (Å²) < 4.78 is 0. The highest BCUT2D eigenvalue weighted by atomic mass is 15.2. The molecule has 1 saturated heterocycles. The van der Waals surface area contributed by atoms with Crippen LogP contribution < -0.4 is 10.6 Å². The number of anilines is 1. The van der Waals surface area contributed by atoms with E-state index in [1.807, 2.05) is 12.1 Å². The van der Waals surface area contributed by atoms with Gasteiger partial charge in [-0.05, 0) is 42.9 Å². The maximum absolute atomic E-state index is 7.70. The zero-order chi connectivity index (χ0) is 13.3. The Kier molecular flexibility index (Phi) is 3.60. The minimum Gasteiger partial charge on any atom is -0.384 e. The molecule has 0 radical (unpaired) electrons. The van der Waals surface area contributed by atoms with E-state index in [2.05, 4.69) is 31.7 Å². The van der Waals surface area contributed by atoms with Crippen molar-refractivity contribution in [2.24, 2.45) is 17.6 Å². The largest absolute Gasteiger partial charge is 0.384 e. The van der Waals surface area contributed by atoms with Gasteiger partial charge in [0.25, 0.3) is 0 Å². The molecule has 2 rings (SSSR count). The van der Waals surface area contributed by atoms with Crippen LogP contribution in [0.5, 0.6) is 0 Å². The van der Waals surface area contributed by atoms with Crippen molar-refractivity contribution < 1.29 is 0 Å².